The molecule has 0 spiro atoms. The molecule has 0 fully saturated rings. The average molecular weight is 403 g/mol. The Balaban J connectivity index is 1.85. The predicted molar refractivity (Wildman–Crippen MR) is 113 cm³/mol. The molecule has 0 radical (unpaired) electrons. The molecule has 8 nitrogen and oxygen atoms in total. The minimum atomic E-state index is -0.262. The number of aromatic nitrogens is 4. The molecular weight excluding hydrogens is 382 g/mol. The van der Waals surface area contributed by atoms with Gasteiger partial charge in [0.15, 0.2) is 0 Å². The number of methoxy groups -OCH3 is 1. The summed E-state index contributed by atoms with van der Waals surface area (Å²) in [6.45, 7) is 3.66. The smallest absolute Gasteiger partial charge is 0.277 e. The highest BCUT2D eigenvalue weighted by Gasteiger charge is 2.23. The molecule has 0 aliphatic carbocycles. The summed E-state index contributed by atoms with van der Waals surface area (Å²) < 4.78 is 6.70. The second kappa shape index (κ2) is 7.82. The number of anilines is 1. The van der Waals surface area contributed by atoms with E-state index in [9.17, 15) is 9.59 Å². The van der Waals surface area contributed by atoms with Crippen LogP contribution in [0.5, 0.6) is 5.75 Å². The SMILES string of the molecule is COc1ccccc1CN(C(=O)c1ccccc1)c1nc2nc(C)c(C)c(=O)n2[nH]1. The van der Waals surface area contributed by atoms with E-state index in [4.69, 9.17) is 4.74 Å². The third kappa shape index (κ3) is 3.43. The van der Waals surface area contributed by atoms with Gasteiger partial charge in [-0.15, -0.1) is 0 Å². The van der Waals surface area contributed by atoms with Crippen molar-refractivity contribution in [2.45, 2.75) is 20.4 Å². The van der Waals surface area contributed by atoms with Crippen LogP contribution in [0, 0.1) is 13.8 Å². The number of H-pyrrole nitrogens is 1. The number of aromatic amines is 1. The highest BCUT2D eigenvalue weighted by molar-refractivity contribution is 6.05. The first-order chi connectivity index (χ1) is 14.5. The zero-order valence-corrected chi connectivity index (χ0v) is 16.9. The molecule has 0 unspecified atom stereocenters. The van der Waals surface area contributed by atoms with E-state index in [1.165, 1.54) is 9.42 Å². The molecule has 0 saturated heterocycles. The Bertz CT molecular complexity index is 1280. The highest BCUT2D eigenvalue weighted by atomic mass is 16.5. The van der Waals surface area contributed by atoms with Crippen LogP contribution in [-0.2, 0) is 6.54 Å². The van der Waals surface area contributed by atoms with E-state index in [-0.39, 0.29) is 29.7 Å². The van der Waals surface area contributed by atoms with E-state index in [1.54, 1.807) is 45.2 Å². The Hall–Kier alpha value is -3.94. The molecule has 2 aromatic heterocycles. The van der Waals surface area contributed by atoms with Gasteiger partial charge in [0.1, 0.15) is 5.75 Å². The number of aryl methyl sites for hydroxylation is 1. The molecule has 2 aromatic carbocycles. The Morgan fingerprint density at radius 3 is 2.50 bits per heavy atom. The number of amides is 1. The van der Waals surface area contributed by atoms with Crippen molar-refractivity contribution in [1.82, 2.24) is 19.6 Å². The number of benzene rings is 2. The summed E-state index contributed by atoms with van der Waals surface area (Å²) >= 11 is 0. The minimum Gasteiger partial charge on any atom is -0.496 e. The molecule has 2 heterocycles. The number of rotatable bonds is 5. The first-order valence-corrected chi connectivity index (χ1v) is 9.44. The summed E-state index contributed by atoms with van der Waals surface area (Å²) in [5, 5.41) is 2.94. The lowest BCUT2D eigenvalue weighted by Crippen LogP contribution is -2.31. The number of nitrogens with zero attached hydrogens (tertiary/aromatic N) is 4. The van der Waals surface area contributed by atoms with Crippen molar-refractivity contribution in [3.8, 4) is 5.75 Å². The third-order valence-electron chi connectivity index (χ3n) is 4.99. The van der Waals surface area contributed by atoms with E-state index in [2.05, 4.69) is 15.1 Å². The van der Waals surface area contributed by atoms with Crippen molar-refractivity contribution in [2.24, 2.45) is 0 Å². The van der Waals surface area contributed by atoms with Crippen LogP contribution in [0.2, 0.25) is 0 Å². The lowest BCUT2D eigenvalue weighted by atomic mass is 10.1. The molecule has 0 aliphatic rings. The maximum atomic E-state index is 13.4. The normalized spacial score (nSPS) is 10.9. The Morgan fingerprint density at radius 2 is 1.77 bits per heavy atom. The topological polar surface area (TPSA) is 92.6 Å². The minimum absolute atomic E-state index is 0.199. The van der Waals surface area contributed by atoms with Gasteiger partial charge < -0.3 is 4.74 Å². The second-order valence-corrected chi connectivity index (χ2v) is 6.88. The van der Waals surface area contributed by atoms with Gasteiger partial charge in [0.05, 0.1) is 13.7 Å². The number of para-hydroxylation sites is 1. The quantitative estimate of drug-likeness (QED) is 0.553. The molecule has 1 N–H and O–H groups in total. The van der Waals surface area contributed by atoms with E-state index in [1.807, 2.05) is 30.3 Å². The van der Waals surface area contributed by atoms with Gasteiger partial charge in [-0.2, -0.15) is 9.50 Å². The Kier molecular flexibility index (Phi) is 5.05. The van der Waals surface area contributed by atoms with Gasteiger partial charge in [0.2, 0.25) is 5.95 Å². The van der Waals surface area contributed by atoms with Crippen LogP contribution in [0.15, 0.2) is 59.4 Å². The van der Waals surface area contributed by atoms with Crippen LogP contribution in [0.25, 0.3) is 5.78 Å². The zero-order valence-electron chi connectivity index (χ0n) is 16.9. The van der Waals surface area contributed by atoms with Gasteiger partial charge in [-0.3, -0.25) is 19.6 Å². The summed E-state index contributed by atoms with van der Waals surface area (Å²) in [6, 6.07) is 16.4. The summed E-state index contributed by atoms with van der Waals surface area (Å²) in [5.74, 6) is 0.830. The van der Waals surface area contributed by atoms with Gasteiger partial charge >= 0.3 is 0 Å². The van der Waals surface area contributed by atoms with Gasteiger partial charge in [-0.25, -0.2) is 4.98 Å². The van der Waals surface area contributed by atoms with Crippen LogP contribution in [0.1, 0.15) is 27.2 Å². The molecule has 1 amide bonds. The third-order valence-corrected chi connectivity index (χ3v) is 4.99. The van der Waals surface area contributed by atoms with Crippen molar-refractivity contribution >= 4 is 17.6 Å². The van der Waals surface area contributed by atoms with Gasteiger partial charge in [-0.05, 0) is 32.0 Å². The van der Waals surface area contributed by atoms with E-state index in [0.29, 0.717) is 22.6 Å². The van der Waals surface area contributed by atoms with Gasteiger partial charge in [0, 0.05) is 22.4 Å². The largest absolute Gasteiger partial charge is 0.496 e. The van der Waals surface area contributed by atoms with Crippen molar-refractivity contribution in [3.05, 3.63) is 87.3 Å². The molecule has 4 aromatic rings. The molecule has 0 bridgehead atoms. The Morgan fingerprint density at radius 1 is 1.07 bits per heavy atom. The van der Waals surface area contributed by atoms with E-state index >= 15 is 0 Å². The number of hydrogen-bond acceptors (Lipinski definition) is 5. The number of nitrogens with one attached hydrogen (secondary N) is 1. The van der Waals surface area contributed by atoms with Crippen molar-refractivity contribution in [3.63, 3.8) is 0 Å². The molecule has 4 rings (SSSR count). The van der Waals surface area contributed by atoms with Crippen molar-refractivity contribution in [2.75, 3.05) is 12.0 Å². The van der Waals surface area contributed by atoms with Crippen LogP contribution >= 0.6 is 0 Å². The van der Waals surface area contributed by atoms with Gasteiger partial charge in [-0.1, -0.05) is 36.4 Å². The van der Waals surface area contributed by atoms with Gasteiger partial charge in [0.25, 0.3) is 17.2 Å². The monoisotopic (exact) mass is 403 g/mol. The molecule has 0 aliphatic heterocycles. The standard InChI is InChI=1S/C22H21N5O3/c1-14-15(2)23-21-24-22(25-27(21)19(14)28)26(20(29)16-9-5-4-6-10-16)13-17-11-7-8-12-18(17)30-3/h4-12H,13H2,1-3H3,(H,23,24,25). The number of hydrogen-bond donors (Lipinski definition) is 1. The Labute approximate surface area is 172 Å². The van der Waals surface area contributed by atoms with Crippen LogP contribution in [-0.4, -0.2) is 32.6 Å². The fraction of sp³-hybridized carbons (Fsp3) is 0.182. The highest BCUT2D eigenvalue weighted by Crippen LogP contribution is 2.23. The number of carbonyl (C=O) groups excluding carboxylic acids is 1. The maximum absolute atomic E-state index is 13.4. The van der Waals surface area contributed by atoms with Crippen molar-refractivity contribution in [1.29, 1.82) is 0 Å². The maximum Gasteiger partial charge on any atom is 0.277 e. The lowest BCUT2D eigenvalue weighted by Gasteiger charge is -2.21. The van der Waals surface area contributed by atoms with Crippen LogP contribution in [0.4, 0.5) is 5.95 Å². The molecule has 0 saturated carbocycles. The number of carbonyl (C=O) groups is 1. The summed E-state index contributed by atoms with van der Waals surface area (Å²) in [4.78, 5) is 36.3. The molecule has 0 atom stereocenters. The summed E-state index contributed by atoms with van der Waals surface area (Å²) in [6.07, 6.45) is 0. The molecular formula is C22H21N5O3. The lowest BCUT2D eigenvalue weighted by molar-refractivity contribution is 0.0983. The zero-order chi connectivity index (χ0) is 21.3. The number of ether oxygens (including phenoxy) is 1. The molecule has 30 heavy (non-hydrogen) atoms. The first kappa shape index (κ1) is 19.4. The fourth-order valence-electron chi connectivity index (χ4n) is 3.20. The fourth-order valence-corrected chi connectivity index (χ4v) is 3.20. The van der Waals surface area contributed by atoms with Crippen LogP contribution in [0.3, 0.4) is 0 Å². The van der Waals surface area contributed by atoms with Crippen LogP contribution < -0.4 is 15.2 Å². The second-order valence-electron chi connectivity index (χ2n) is 6.88. The first-order valence-electron chi connectivity index (χ1n) is 9.44. The summed E-state index contributed by atoms with van der Waals surface area (Å²) in [5.41, 5.74) is 2.18. The van der Waals surface area contributed by atoms with Crippen molar-refractivity contribution < 1.29 is 9.53 Å². The molecule has 8 heteroatoms. The van der Waals surface area contributed by atoms with E-state index < -0.39 is 0 Å². The average Bonchev–Trinajstić information content (AvgIpc) is 3.20. The predicted octanol–water partition coefficient (Wildman–Crippen LogP) is 2.89. The molecule has 152 valence electrons. The number of fused-ring (bicyclic) bond motifs is 1. The summed E-state index contributed by atoms with van der Waals surface area (Å²) in [7, 11) is 1.58. The van der Waals surface area contributed by atoms with E-state index in [0.717, 1.165) is 5.56 Å².